The molecule has 0 saturated heterocycles. The van der Waals surface area contributed by atoms with Gasteiger partial charge in [0.25, 0.3) is 11.2 Å². The molecule has 0 aliphatic heterocycles. The number of pyridine rings is 1. The summed E-state index contributed by atoms with van der Waals surface area (Å²) in [6.45, 7) is 0.288. The highest BCUT2D eigenvalue weighted by Gasteiger charge is 2.27. The molecule has 1 amide bonds. The third-order valence-corrected chi connectivity index (χ3v) is 3.80. The molecule has 122 valence electrons. The lowest BCUT2D eigenvalue weighted by Crippen LogP contribution is -2.42. The van der Waals surface area contributed by atoms with E-state index in [-0.39, 0.29) is 42.5 Å². The van der Waals surface area contributed by atoms with Crippen LogP contribution in [0.4, 0.5) is 5.69 Å². The highest BCUT2D eigenvalue weighted by molar-refractivity contribution is 5.85. The van der Waals surface area contributed by atoms with Gasteiger partial charge in [-0.25, -0.2) is 0 Å². The van der Waals surface area contributed by atoms with Crippen LogP contribution in [0.2, 0.25) is 0 Å². The Labute approximate surface area is 133 Å². The maximum atomic E-state index is 12.0. The SMILES string of the molecule is Cl.NCC1CCCC1NC(=O)Cn1cc([N+](=O)[O-])ccc1=O. The number of carbonyl (C=O) groups excluding carboxylic acids is 1. The lowest BCUT2D eigenvalue weighted by atomic mass is 10.0. The average Bonchev–Trinajstić information content (AvgIpc) is 2.88. The smallest absolute Gasteiger partial charge is 0.285 e. The third-order valence-electron chi connectivity index (χ3n) is 3.80. The average molecular weight is 331 g/mol. The van der Waals surface area contributed by atoms with Gasteiger partial charge in [-0.05, 0) is 25.3 Å². The summed E-state index contributed by atoms with van der Waals surface area (Å²) in [7, 11) is 0. The van der Waals surface area contributed by atoms with Crippen molar-refractivity contribution in [3.8, 4) is 0 Å². The minimum atomic E-state index is -0.602. The lowest BCUT2D eigenvalue weighted by molar-refractivity contribution is -0.385. The van der Waals surface area contributed by atoms with E-state index in [4.69, 9.17) is 5.73 Å². The molecule has 1 heterocycles. The van der Waals surface area contributed by atoms with Crippen LogP contribution in [0.1, 0.15) is 19.3 Å². The third kappa shape index (κ3) is 4.28. The fraction of sp³-hybridized carbons (Fsp3) is 0.538. The normalized spacial score (nSPS) is 20.2. The van der Waals surface area contributed by atoms with E-state index in [2.05, 4.69) is 5.32 Å². The molecule has 0 spiro atoms. The molecule has 0 radical (unpaired) electrons. The second kappa shape index (κ2) is 7.90. The van der Waals surface area contributed by atoms with E-state index in [0.29, 0.717) is 6.54 Å². The van der Waals surface area contributed by atoms with Crippen molar-refractivity contribution < 1.29 is 9.72 Å². The van der Waals surface area contributed by atoms with Crippen molar-refractivity contribution in [3.63, 3.8) is 0 Å². The molecule has 0 aromatic carbocycles. The summed E-state index contributed by atoms with van der Waals surface area (Å²) in [4.78, 5) is 33.7. The number of rotatable bonds is 5. The summed E-state index contributed by atoms with van der Waals surface area (Å²) in [5.41, 5.74) is 4.98. The first kappa shape index (κ1) is 18.1. The number of nitrogens with one attached hydrogen (secondary N) is 1. The summed E-state index contributed by atoms with van der Waals surface area (Å²) in [6.07, 6.45) is 3.95. The van der Waals surface area contributed by atoms with Gasteiger partial charge >= 0.3 is 0 Å². The Bertz CT molecular complexity index is 604. The van der Waals surface area contributed by atoms with Gasteiger partial charge in [0.05, 0.1) is 11.1 Å². The minimum Gasteiger partial charge on any atom is -0.351 e. The zero-order valence-corrected chi connectivity index (χ0v) is 12.8. The topological polar surface area (TPSA) is 120 Å². The van der Waals surface area contributed by atoms with Crippen molar-refractivity contribution in [2.75, 3.05) is 6.54 Å². The second-order valence-electron chi connectivity index (χ2n) is 5.21. The first-order valence-corrected chi connectivity index (χ1v) is 6.85. The van der Waals surface area contributed by atoms with Gasteiger partial charge < -0.3 is 11.1 Å². The summed E-state index contributed by atoms with van der Waals surface area (Å²) in [5, 5.41) is 13.5. The Morgan fingerprint density at radius 3 is 2.82 bits per heavy atom. The van der Waals surface area contributed by atoms with E-state index < -0.39 is 10.5 Å². The Kier molecular flexibility index (Phi) is 6.51. The van der Waals surface area contributed by atoms with Gasteiger partial charge in [0.2, 0.25) is 5.91 Å². The maximum Gasteiger partial charge on any atom is 0.285 e. The molecule has 1 aliphatic rings. The molecule has 1 aliphatic carbocycles. The number of nitro groups is 1. The molecule has 2 rings (SSSR count). The minimum absolute atomic E-state index is 0. The Morgan fingerprint density at radius 2 is 2.18 bits per heavy atom. The van der Waals surface area contributed by atoms with Gasteiger partial charge in [-0.15, -0.1) is 12.4 Å². The van der Waals surface area contributed by atoms with Crippen LogP contribution in [0.3, 0.4) is 0 Å². The molecule has 1 fully saturated rings. The highest BCUT2D eigenvalue weighted by Crippen LogP contribution is 2.24. The van der Waals surface area contributed by atoms with Crippen LogP contribution in [0.5, 0.6) is 0 Å². The quantitative estimate of drug-likeness (QED) is 0.599. The van der Waals surface area contributed by atoms with Gasteiger partial charge in [-0.3, -0.25) is 24.3 Å². The summed E-state index contributed by atoms with van der Waals surface area (Å²) in [6, 6.07) is 2.24. The Hall–Kier alpha value is -1.93. The Morgan fingerprint density at radius 1 is 1.45 bits per heavy atom. The number of nitrogens with two attached hydrogens (primary N) is 1. The number of halogens is 1. The van der Waals surface area contributed by atoms with Crippen LogP contribution in [0, 0.1) is 16.0 Å². The van der Waals surface area contributed by atoms with E-state index in [9.17, 15) is 19.7 Å². The molecule has 1 aromatic rings. The van der Waals surface area contributed by atoms with Gasteiger partial charge in [-0.2, -0.15) is 0 Å². The van der Waals surface area contributed by atoms with Crippen molar-refractivity contribution in [3.05, 3.63) is 38.8 Å². The van der Waals surface area contributed by atoms with Crippen LogP contribution in [-0.2, 0) is 11.3 Å². The molecule has 22 heavy (non-hydrogen) atoms. The zero-order chi connectivity index (χ0) is 15.4. The van der Waals surface area contributed by atoms with Crippen LogP contribution in [-0.4, -0.2) is 28.0 Å². The fourth-order valence-corrected chi connectivity index (χ4v) is 2.67. The standard InChI is InChI=1S/C13H18N4O4.ClH/c14-6-9-2-1-3-11(9)15-12(18)8-16-7-10(17(20)21)4-5-13(16)19;/h4-5,7,9,11H,1-3,6,8,14H2,(H,15,18);1H. The molecule has 2 unspecified atom stereocenters. The molecule has 8 nitrogen and oxygen atoms in total. The number of hydrogen-bond donors (Lipinski definition) is 2. The molecule has 3 N–H and O–H groups in total. The summed E-state index contributed by atoms with van der Waals surface area (Å²) >= 11 is 0. The van der Waals surface area contributed by atoms with E-state index >= 15 is 0 Å². The zero-order valence-electron chi connectivity index (χ0n) is 11.9. The van der Waals surface area contributed by atoms with E-state index in [1.807, 2.05) is 0 Å². The molecule has 2 atom stereocenters. The van der Waals surface area contributed by atoms with Crippen molar-refractivity contribution in [2.45, 2.75) is 31.8 Å². The molecule has 1 saturated carbocycles. The molecule has 9 heteroatoms. The van der Waals surface area contributed by atoms with E-state index in [1.54, 1.807) is 0 Å². The number of amides is 1. The molecule has 1 aromatic heterocycles. The largest absolute Gasteiger partial charge is 0.351 e. The highest BCUT2D eigenvalue weighted by atomic mass is 35.5. The maximum absolute atomic E-state index is 12.0. The monoisotopic (exact) mass is 330 g/mol. The number of carbonyl (C=O) groups is 1. The number of nitrogens with zero attached hydrogens (tertiary/aromatic N) is 2. The first-order chi connectivity index (χ1) is 10.0. The van der Waals surface area contributed by atoms with Crippen molar-refractivity contribution >= 4 is 24.0 Å². The first-order valence-electron chi connectivity index (χ1n) is 6.85. The van der Waals surface area contributed by atoms with Crippen molar-refractivity contribution in [1.29, 1.82) is 0 Å². The predicted molar refractivity (Wildman–Crippen MR) is 82.9 cm³/mol. The molecular formula is C13H19ClN4O4. The molecule has 0 bridgehead atoms. The van der Waals surface area contributed by atoms with Crippen LogP contribution < -0.4 is 16.6 Å². The predicted octanol–water partition coefficient (Wildman–Crippen LogP) is 0.422. The van der Waals surface area contributed by atoms with Crippen molar-refractivity contribution in [1.82, 2.24) is 9.88 Å². The van der Waals surface area contributed by atoms with Gasteiger partial charge in [0.15, 0.2) is 0 Å². The summed E-state index contributed by atoms with van der Waals surface area (Å²) < 4.78 is 1.04. The van der Waals surface area contributed by atoms with Crippen LogP contribution in [0.15, 0.2) is 23.1 Å². The van der Waals surface area contributed by atoms with Gasteiger partial charge in [0, 0.05) is 18.2 Å². The number of hydrogen-bond acceptors (Lipinski definition) is 5. The summed E-state index contributed by atoms with van der Waals surface area (Å²) in [5.74, 6) is -0.0706. The van der Waals surface area contributed by atoms with Crippen LogP contribution >= 0.6 is 12.4 Å². The molecular weight excluding hydrogens is 312 g/mol. The number of aromatic nitrogens is 1. The lowest BCUT2D eigenvalue weighted by Gasteiger charge is -2.19. The van der Waals surface area contributed by atoms with Crippen LogP contribution in [0.25, 0.3) is 0 Å². The van der Waals surface area contributed by atoms with E-state index in [0.717, 1.165) is 42.2 Å². The van der Waals surface area contributed by atoms with E-state index in [1.165, 1.54) is 0 Å². The fourth-order valence-electron chi connectivity index (χ4n) is 2.67. The van der Waals surface area contributed by atoms with Gasteiger partial charge in [0.1, 0.15) is 6.54 Å². The Balaban J connectivity index is 0.00000242. The van der Waals surface area contributed by atoms with Crippen molar-refractivity contribution in [2.24, 2.45) is 11.7 Å². The van der Waals surface area contributed by atoms with Gasteiger partial charge in [-0.1, -0.05) is 6.42 Å². The second-order valence-corrected chi connectivity index (χ2v) is 5.21.